The van der Waals surface area contributed by atoms with Crippen LogP contribution in [0.25, 0.3) is 11.5 Å². The van der Waals surface area contributed by atoms with Gasteiger partial charge in [-0.1, -0.05) is 53.2 Å². The Balaban J connectivity index is 1.31. The number of aromatic nitrogens is 2. The second-order valence-electron chi connectivity index (χ2n) is 7.56. The first kappa shape index (κ1) is 21.5. The van der Waals surface area contributed by atoms with Gasteiger partial charge < -0.3 is 8.83 Å². The fourth-order valence-electron chi connectivity index (χ4n) is 3.53. The minimum absolute atomic E-state index is 0.101. The molecule has 1 unspecified atom stereocenters. The number of benzene rings is 2. The maximum Gasteiger partial charge on any atom is 0.277 e. The second-order valence-corrected chi connectivity index (χ2v) is 8.92. The molecule has 7 nitrogen and oxygen atoms in total. The first-order chi connectivity index (χ1) is 16.1. The Morgan fingerprint density at radius 2 is 1.85 bits per heavy atom. The number of carbonyl (C=O) groups excluding carboxylic acids is 1. The number of carbonyl (C=O) groups is 1. The minimum atomic E-state index is -0.295. The molecule has 0 saturated heterocycles. The summed E-state index contributed by atoms with van der Waals surface area (Å²) >= 11 is 7.10. The highest BCUT2D eigenvalue weighted by Crippen LogP contribution is 2.34. The van der Waals surface area contributed by atoms with Crippen LogP contribution in [-0.4, -0.2) is 32.6 Å². The lowest BCUT2D eigenvalue weighted by molar-refractivity contribution is -0.130. The van der Waals surface area contributed by atoms with Crippen molar-refractivity contribution in [1.82, 2.24) is 15.2 Å². The summed E-state index contributed by atoms with van der Waals surface area (Å²) < 4.78 is 11.3. The maximum atomic E-state index is 13.1. The molecule has 0 spiro atoms. The molecule has 0 bridgehead atoms. The molecule has 33 heavy (non-hydrogen) atoms. The number of hydrazone groups is 1. The number of halogens is 1. The Hall–Kier alpha value is -3.36. The van der Waals surface area contributed by atoms with Gasteiger partial charge in [-0.15, -0.1) is 10.2 Å². The molecule has 0 radical (unpaired) electrons. The van der Waals surface area contributed by atoms with Crippen LogP contribution in [0.1, 0.15) is 29.3 Å². The van der Waals surface area contributed by atoms with Crippen molar-refractivity contribution in [3.63, 3.8) is 0 Å². The van der Waals surface area contributed by atoms with Crippen molar-refractivity contribution in [2.24, 2.45) is 5.10 Å². The van der Waals surface area contributed by atoms with Gasteiger partial charge in [0.15, 0.2) is 0 Å². The molecule has 166 valence electrons. The number of hydrogen-bond donors (Lipinski definition) is 0. The van der Waals surface area contributed by atoms with Crippen LogP contribution in [0.2, 0.25) is 5.02 Å². The van der Waals surface area contributed by atoms with Crippen molar-refractivity contribution in [1.29, 1.82) is 0 Å². The van der Waals surface area contributed by atoms with Crippen LogP contribution in [0.5, 0.6) is 0 Å². The first-order valence-electron chi connectivity index (χ1n) is 10.3. The highest BCUT2D eigenvalue weighted by Gasteiger charge is 2.35. The molecule has 1 atom stereocenters. The summed E-state index contributed by atoms with van der Waals surface area (Å²) in [5.74, 6) is 0.997. The molecule has 4 aromatic rings. The Kier molecular flexibility index (Phi) is 6.02. The molecule has 0 saturated carbocycles. The van der Waals surface area contributed by atoms with Crippen molar-refractivity contribution in [3.8, 4) is 11.5 Å². The number of aryl methyl sites for hydroxylation is 1. The van der Waals surface area contributed by atoms with E-state index in [1.807, 2.05) is 43.3 Å². The first-order valence-corrected chi connectivity index (χ1v) is 11.7. The molecule has 1 aliphatic heterocycles. The molecule has 1 amide bonds. The van der Waals surface area contributed by atoms with E-state index in [1.165, 1.54) is 22.3 Å². The molecule has 2 aromatic heterocycles. The fraction of sp³-hybridized carbons (Fsp3) is 0.167. The van der Waals surface area contributed by atoms with E-state index in [9.17, 15) is 4.79 Å². The third-order valence-electron chi connectivity index (χ3n) is 5.24. The zero-order valence-electron chi connectivity index (χ0n) is 17.6. The summed E-state index contributed by atoms with van der Waals surface area (Å²) in [5.41, 5.74) is 3.76. The SMILES string of the molecule is Cc1ccc(C2=NN(C(=O)CSc3nnc(-c4ccc(Cl)cc4)o3)C(c3ccco3)C2)cc1. The molecule has 2 aromatic carbocycles. The maximum absolute atomic E-state index is 13.1. The van der Waals surface area contributed by atoms with Crippen molar-refractivity contribution < 1.29 is 13.6 Å². The zero-order chi connectivity index (χ0) is 22.8. The van der Waals surface area contributed by atoms with Gasteiger partial charge in [-0.3, -0.25) is 4.79 Å². The van der Waals surface area contributed by atoms with Gasteiger partial charge in [0, 0.05) is 17.0 Å². The summed E-state index contributed by atoms with van der Waals surface area (Å²) in [4.78, 5) is 13.1. The molecule has 3 heterocycles. The van der Waals surface area contributed by atoms with Gasteiger partial charge >= 0.3 is 0 Å². The van der Waals surface area contributed by atoms with Crippen LogP contribution in [0.15, 0.2) is 86.1 Å². The molecule has 0 aliphatic carbocycles. The van der Waals surface area contributed by atoms with E-state index >= 15 is 0 Å². The van der Waals surface area contributed by atoms with E-state index in [2.05, 4.69) is 15.3 Å². The van der Waals surface area contributed by atoms with Crippen LogP contribution in [0.3, 0.4) is 0 Å². The fourth-order valence-corrected chi connectivity index (χ4v) is 4.27. The number of nitrogens with zero attached hydrogens (tertiary/aromatic N) is 4. The predicted molar refractivity (Wildman–Crippen MR) is 126 cm³/mol. The summed E-state index contributed by atoms with van der Waals surface area (Å²) in [6.07, 6.45) is 2.18. The van der Waals surface area contributed by atoms with E-state index < -0.39 is 0 Å². The Morgan fingerprint density at radius 3 is 2.58 bits per heavy atom. The Bertz CT molecular complexity index is 1280. The van der Waals surface area contributed by atoms with Crippen molar-refractivity contribution >= 4 is 35.0 Å². The number of amides is 1. The molecule has 9 heteroatoms. The average Bonchev–Trinajstić information content (AvgIpc) is 3.59. The van der Waals surface area contributed by atoms with E-state index in [0.717, 1.165) is 16.8 Å². The van der Waals surface area contributed by atoms with Gasteiger partial charge in [0.1, 0.15) is 11.8 Å². The molecular formula is C24H19ClN4O3S. The van der Waals surface area contributed by atoms with Crippen molar-refractivity contribution in [2.45, 2.75) is 24.6 Å². The minimum Gasteiger partial charge on any atom is -0.467 e. The Labute approximate surface area is 199 Å². The molecule has 0 fully saturated rings. The van der Waals surface area contributed by atoms with Crippen molar-refractivity contribution in [3.05, 3.63) is 88.8 Å². The van der Waals surface area contributed by atoms with Crippen LogP contribution in [-0.2, 0) is 4.79 Å². The highest BCUT2D eigenvalue weighted by atomic mass is 35.5. The second kappa shape index (κ2) is 9.25. The summed E-state index contributed by atoms with van der Waals surface area (Å²) in [6, 6.07) is 18.6. The topological polar surface area (TPSA) is 84.7 Å². The standard InChI is InChI=1S/C24H19ClN4O3S/c1-15-4-6-16(7-5-15)19-13-20(21-3-2-12-31-21)29(28-19)22(30)14-33-24-27-26-23(32-24)17-8-10-18(25)11-9-17/h2-12,20H,13-14H2,1H3. The number of thioether (sulfide) groups is 1. The number of rotatable bonds is 6. The third-order valence-corrected chi connectivity index (χ3v) is 6.29. The zero-order valence-corrected chi connectivity index (χ0v) is 19.2. The van der Waals surface area contributed by atoms with E-state index in [1.54, 1.807) is 30.5 Å². The smallest absolute Gasteiger partial charge is 0.277 e. The molecule has 5 rings (SSSR count). The summed E-state index contributed by atoms with van der Waals surface area (Å²) in [6.45, 7) is 2.04. The van der Waals surface area contributed by atoms with E-state index in [4.69, 9.17) is 20.4 Å². The van der Waals surface area contributed by atoms with Crippen LogP contribution >= 0.6 is 23.4 Å². The van der Waals surface area contributed by atoms with Gasteiger partial charge in [0.2, 0.25) is 5.89 Å². The summed E-state index contributed by atoms with van der Waals surface area (Å²) in [7, 11) is 0. The normalized spacial score (nSPS) is 15.6. The predicted octanol–water partition coefficient (Wildman–Crippen LogP) is 5.76. The third kappa shape index (κ3) is 4.72. The van der Waals surface area contributed by atoms with Gasteiger partial charge in [0.05, 0.1) is 17.7 Å². The van der Waals surface area contributed by atoms with Gasteiger partial charge in [-0.05, 0) is 48.9 Å². The van der Waals surface area contributed by atoms with Crippen molar-refractivity contribution in [2.75, 3.05) is 5.75 Å². The van der Waals surface area contributed by atoms with Crippen LogP contribution in [0.4, 0.5) is 0 Å². The van der Waals surface area contributed by atoms with E-state index in [-0.39, 0.29) is 17.7 Å². The Morgan fingerprint density at radius 1 is 1.09 bits per heavy atom. The lowest BCUT2D eigenvalue weighted by atomic mass is 10.0. The largest absolute Gasteiger partial charge is 0.467 e. The highest BCUT2D eigenvalue weighted by molar-refractivity contribution is 7.99. The molecular weight excluding hydrogens is 460 g/mol. The number of furan rings is 1. The average molecular weight is 479 g/mol. The number of hydrogen-bond acceptors (Lipinski definition) is 7. The lowest BCUT2D eigenvalue weighted by Gasteiger charge is -2.19. The molecule has 1 aliphatic rings. The van der Waals surface area contributed by atoms with Gasteiger partial charge in [-0.25, -0.2) is 5.01 Å². The van der Waals surface area contributed by atoms with E-state index in [0.29, 0.717) is 28.3 Å². The molecule has 0 N–H and O–H groups in total. The van der Waals surface area contributed by atoms with Gasteiger partial charge in [-0.2, -0.15) is 5.10 Å². The van der Waals surface area contributed by atoms with Gasteiger partial charge in [0.25, 0.3) is 11.1 Å². The van der Waals surface area contributed by atoms with Crippen LogP contribution in [0, 0.1) is 6.92 Å². The van der Waals surface area contributed by atoms with Crippen LogP contribution < -0.4 is 0 Å². The summed E-state index contributed by atoms with van der Waals surface area (Å²) in [5, 5.41) is 15.2. The lowest BCUT2D eigenvalue weighted by Crippen LogP contribution is -2.28. The monoisotopic (exact) mass is 478 g/mol. The quantitative estimate of drug-likeness (QED) is 0.327.